The SMILES string of the molecule is Cc1ccc(NC(=O)N(C)C2CCN(C)C2)cc1. The second kappa shape index (κ2) is 5.40. The number of urea groups is 1. The molecule has 1 aromatic rings. The van der Waals surface area contributed by atoms with Crippen molar-refractivity contribution in [2.75, 3.05) is 32.5 Å². The van der Waals surface area contributed by atoms with E-state index >= 15 is 0 Å². The van der Waals surface area contributed by atoms with Gasteiger partial charge in [0.15, 0.2) is 0 Å². The molecule has 4 nitrogen and oxygen atoms in total. The van der Waals surface area contributed by atoms with Gasteiger partial charge in [-0.3, -0.25) is 0 Å². The average Bonchev–Trinajstić information content (AvgIpc) is 2.78. The van der Waals surface area contributed by atoms with Crippen LogP contribution in [-0.2, 0) is 0 Å². The third-order valence-corrected chi connectivity index (χ3v) is 3.54. The lowest BCUT2D eigenvalue weighted by Crippen LogP contribution is -2.41. The Balaban J connectivity index is 1.93. The summed E-state index contributed by atoms with van der Waals surface area (Å²) in [6, 6.07) is 8.15. The molecule has 0 saturated carbocycles. The van der Waals surface area contributed by atoms with Gasteiger partial charge < -0.3 is 15.1 Å². The Morgan fingerprint density at radius 1 is 1.39 bits per heavy atom. The quantitative estimate of drug-likeness (QED) is 0.869. The fourth-order valence-corrected chi connectivity index (χ4v) is 2.24. The topological polar surface area (TPSA) is 35.6 Å². The zero-order valence-corrected chi connectivity index (χ0v) is 11.3. The standard InChI is InChI=1S/C14H21N3O/c1-11-4-6-12(7-5-11)15-14(18)17(3)13-8-9-16(2)10-13/h4-7,13H,8-10H2,1-3H3,(H,15,18). The number of carbonyl (C=O) groups is 1. The molecule has 98 valence electrons. The average molecular weight is 247 g/mol. The van der Waals surface area contributed by atoms with Crippen molar-refractivity contribution in [3.05, 3.63) is 29.8 Å². The Labute approximate surface area is 109 Å². The van der Waals surface area contributed by atoms with Gasteiger partial charge in [0.2, 0.25) is 0 Å². The number of rotatable bonds is 2. The third kappa shape index (κ3) is 3.01. The Bertz CT molecular complexity index is 416. The molecular formula is C14H21N3O. The molecule has 4 heteroatoms. The van der Waals surface area contributed by atoms with Crippen LogP contribution in [0.25, 0.3) is 0 Å². The lowest BCUT2D eigenvalue weighted by molar-refractivity contribution is 0.204. The van der Waals surface area contributed by atoms with Crippen molar-refractivity contribution in [3.63, 3.8) is 0 Å². The molecule has 1 N–H and O–H groups in total. The highest BCUT2D eigenvalue weighted by Crippen LogP contribution is 2.15. The van der Waals surface area contributed by atoms with E-state index in [1.807, 2.05) is 43.1 Å². The Morgan fingerprint density at radius 2 is 2.06 bits per heavy atom. The molecule has 0 spiro atoms. The number of nitrogens with zero attached hydrogens (tertiary/aromatic N) is 2. The van der Waals surface area contributed by atoms with Gasteiger partial charge in [-0.25, -0.2) is 4.79 Å². The van der Waals surface area contributed by atoms with Crippen LogP contribution < -0.4 is 5.32 Å². The number of carbonyl (C=O) groups excluding carboxylic acids is 1. The van der Waals surface area contributed by atoms with E-state index in [9.17, 15) is 4.79 Å². The lowest BCUT2D eigenvalue weighted by Gasteiger charge is -2.24. The van der Waals surface area contributed by atoms with E-state index < -0.39 is 0 Å². The van der Waals surface area contributed by atoms with Gasteiger partial charge in [0.05, 0.1) is 0 Å². The van der Waals surface area contributed by atoms with Crippen molar-refractivity contribution in [3.8, 4) is 0 Å². The summed E-state index contributed by atoms with van der Waals surface area (Å²) in [5.74, 6) is 0. The highest BCUT2D eigenvalue weighted by atomic mass is 16.2. The molecule has 1 heterocycles. The molecule has 0 aromatic heterocycles. The number of nitrogens with one attached hydrogen (secondary N) is 1. The molecule has 0 radical (unpaired) electrons. The summed E-state index contributed by atoms with van der Waals surface area (Å²) in [5, 5.41) is 2.93. The maximum absolute atomic E-state index is 12.1. The summed E-state index contributed by atoms with van der Waals surface area (Å²) in [6.45, 7) is 4.05. The Hall–Kier alpha value is -1.55. The van der Waals surface area contributed by atoms with Crippen LogP contribution in [0.4, 0.5) is 10.5 Å². The van der Waals surface area contributed by atoms with E-state index in [2.05, 4.69) is 17.3 Å². The van der Waals surface area contributed by atoms with Crippen LogP contribution >= 0.6 is 0 Å². The summed E-state index contributed by atoms with van der Waals surface area (Å²) in [4.78, 5) is 16.1. The van der Waals surface area contributed by atoms with Crippen LogP contribution in [-0.4, -0.2) is 49.1 Å². The minimum absolute atomic E-state index is 0.0286. The summed E-state index contributed by atoms with van der Waals surface area (Å²) in [6.07, 6.45) is 1.05. The Kier molecular flexibility index (Phi) is 3.87. The Morgan fingerprint density at radius 3 is 2.61 bits per heavy atom. The van der Waals surface area contributed by atoms with Crippen molar-refractivity contribution < 1.29 is 4.79 Å². The van der Waals surface area contributed by atoms with E-state index in [1.165, 1.54) is 5.56 Å². The molecule has 1 aromatic carbocycles. The summed E-state index contributed by atoms with van der Waals surface area (Å²) >= 11 is 0. The van der Waals surface area contributed by atoms with Crippen molar-refractivity contribution in [1.82, 2.24) is 9.80 Å². The number of aryl methyl sites for hydroxylation is 1. The molecule has 0 bridgehead atoms. The lowest BCUT2D eigenvalue weighted by atomic mass is 10.2. The molecule has 1 unspecified atom stereocenters. The van der Waals surface area contributed by atoms with Crippen LogP contribution in [0.2, 0.25) is 0 Å². The maximum atomic E-state index is 12.1. The van der Waals surface area contributed by atoms with Crippen molar-refractivity contribution in [2.24, 2.45) is 0 Å². The molecule has 2 rings (SSSR count). The van der Waals surface area contributed by atoms with Crippen LogP contribution in [0.3, 0.4) is 0 Å². The predicted molar refractivity (Wildman–Crippen MR) is 73.9 cm³/mol. The largest absolute Gasteiger partial charge is 0.323 e. The number of anilines is 1. The molecule has 0 aliphatic carbocycles. The first kappa shape index (κ1) is 12.9. The fraction of sp³-hybridized carbons (Fsp3) is 0.500. The smallest absolute Gasteiger partial charge is 0.321 e. The normalized spacial score (nSPS) is 19.8. The number of likely N-dealkylation sites (N-methyl/N-ethyl adjacent to an activating group) is 2. The molecule has 1 saturated heterocycles. The van der Waals surface area contributed by atoms with Gasteiger partial charge in [0.1, 0.15) is 0 Å². The zero-order valence-electron chi connectivity index (χ0n) is 11.3. The molecule has 1 atom stereocenters. The monoisotopic (exact) mass is 247 g/mol. The van der Waals surface area contributed by atoms with Crippen molar-refractivity contribution in [1.29, 1.82) is 0 Å². The molecule has 2 amide bonds. The third-order valence-electron chi connectivity index (χ3n) is 3.54. The summed E-state index contributed by atoms with van der Waals surface area (Å²) in [5.41, 5.74) is 2.04. The van der Waals surface area contributed by atoms with Crippen LogP contribution in [0, 0.1) is 6.92 Å². The predicted octanol–water partition coefficient (Wildman–Crippen LogP) is 2.16. The van der Waals surface area contributed by atoms with Gasteiger partial charge in [-0.1, -0.05) is 17.7 Å². The number of amides is 2. The number of hydrogen-bond acceptors (Lipinski definition) is 2. The second-order valence-corrected chi connectivity index (χ2v) is 5.11. The summed E-state index contributed by atoms with van der Waals surface area (Å²) < 4.78 is 0. The van der Waals surface area contributed by atoms with Crippen molar-refractivity contribution in [2.45, 2.75) is 19.4 Å². The van der Waals surface area contributed by atoms with Crippen LogP contribution in [0.5, 0.6) is 0 Å². The van der Waals surface area contributed by atoms with Gasteiger partial charge >= 0.3 is 6.03 Å². The number of benzene rings is 1. The maximum Gasteiger partial charge on any atom is 0.321 e. The van der Waals surface area contributed by atoms with Gasteiger partial charge in [-0.15, -0.1) is 0 Å². The summed E-state index contributed by atoms with van der Waals surface area (Å²) in [7, 11) is 3.96. The fourth-order valence-electron chi connectivity index (χ4n) is 2.24. The van der Waals surface area contributed by atoms with E-state index in [0.29, 0.717) is 6.04 Å². The number of likely N-dealkylation sites (tertiary alicyclic amines) is 1. The van der Waals surface area contributed by atoms with Gasteiger partial charge in [0, 0.05) is 25.3 Å². The molecule has 1 aliphatic heterocycles. The van der Waals surface area contributed by atoms with Gasteiger partial charge in [-0.2, -0.15) is 0 Å². The first-order valence-corrected chi connectivity index (χ1v) is 6.35. The highest BCUT2D eigenvalue weighted by molar-refractivity contribution is 5.89. The molecule has 18 heavy (non-hydrogen) atoms. The first-order valence-electron chi connectivity index (χ1n) is 6.35. The van der Waals surface area contributed by atoms with Gasteiger partial charge in [-0.05, 0) is 39.1 Å². The molecular weight excluding hydrogens is 226 g/mol. The molecule has 1 fully saturated rings. The minimum atomic E-state index is -0.0286. The van der Waals surface area contributed by atoms with E-state index in [-0.39, 0.29) is 6.03 Å². The van der Waals surface area contributed by atoms with Crippen LogP contribution in [0.15, 0.2) is 24.3 Å². The van der Waals surface area contributed by atoms with Gasteiger partial charge in [0.25, 0.3) is 0 Å². The van der Waals surface area contributed by atoms with E-state index in [0.717, 1.165) is 25.2 Å². The van der Waals surface area contributed by atoms with E-state index in [4.69, 9.17) is 0 Å². The number of hydrogen-bond donors (Lipinski definition) is 1. The minimum Gasteiger partial charge on any atom is -0.323 e. The van der Waals surface area contributed by atoms with Crippen molar-refractivity contribution >= 4 is 11.7 Å². The second-order valence-electron chi connectivity index (χ2n) is 5.11. The zero-order chi connectivity index (χ0) is 13.1. The first-order chi connectivity index (χ1) is 8.56. The molecule has 1 aliphatic rings. The highest BCUT2D eigenvalue weighted by Gasteiger charge is 2.26. The van der Waals surface area contributed by atoms with Crippen LogP contribution in [0.1, 0.15) is 12.0 Å². The van der Waals surface area contributed by atoms with E-state index in [1.54, 1.807) is 0 Å².